The number of rotatable bonds is 7. The Balaban J connectivity index is 0.00000288. The number of para-hydroxylation sites is 1. The average molecular weight is 443 g/mol. The third kappa shape index (κ3) is 6.00. The van der Waals surface area contributed by atoms with Crippen molar-refractivity contribution in [1.29, 1.82) is 0 Å². The number of benzene rings is 1. The monoisotopic (exact) mass is 443 g/mol. The van der Waals surface area contributed by atoms with Crippen molar-refractivity contribution in [2.75, 3.05) is 33.3 Å². The zero-order chi connectivity index (χ0) is 16.5. The lowest BCUT2D eigenvalue weighted by atomic mass is 9.93. The second kappa shape index (κ2) is 11.3. The van der Waals surface area contributed by atoms with E-state index in [1.165, 1.54) is 5.56 Å². The van der Waals surface area contributed by atoms with Crippen LogP contribution in [0.1, 0.15) is 37.7 Å². The van der Waals surface area contributed by atoms with Crippen LogP contribution in [0, 0.1) is 0 Å². The summed E-state index contributed by atoms with van der Waals surface area (Å²) in [5.74, 6) is 2.44. The van der Waals surface area contributed by atoms with Crippen LogP contribution in [0.3, 0.4) is 0 Å². The topological polar surface area (TPSA) is 36.9 Å². The first-order valence-corrected chi connectivity index (χ1v) is 8.58. The number of allylic oxidation sites excluding steroid dienone is 1. The molecule has 4 nitrogen and oxygen atoms in total. The van der Waals surface area contributed by atoms with E-state index in [1.807, 2.05) is 12.1 Å². The molecule has 0 aliphatic carbocycles. The van der Waals surface area contributed by atoms with Gasteiger partial charge in [0.2, 0.25) is 0 Å². The highest BCUT2D eigenvalue weighted by Gasteiger charge is 2.21. The van der Waals surface area contributed by atoms with Crippen LogP contribution >= 0.6 is 24.0 Å². The van der Waals surface area contributed by atoms with Crippen molar-refractivity contribution in [3.8, 4) is 5.75 Å². The second-order valence-corrected chi connectivity index (χ2v) is 5.92. The predicted octanol–water partition coefficient (Wildman–Crippen LogP) is 4.03. The summed E-state index contributed by atoms with van der Waals surface area (Å²) >= 11 is 0. The van der Waals surface area contributed by atoms with E-state index in [9.17, 15) is 0 Å². The Hall–Kier alpha value is -1.24. The van der Waals surface area contributed by atoms with Gasteiger partial charge in [-0.1, -0.05) is 24.3 Å². The molecule has 0 spiro atoms. The maximum atomic E-state index is 5.74. The van der Waals surface area contributed by atoms with Gasteiger partial charge < -0.3 is 15.0 Å². The van der Waals surface area contributed by atoms with Crippen LogP contribution in [0.25, 0.3) is 0 Å². The molecule has 2 rings (SSSR count). The molecule has 1 aliphatic heterocycles. The molecule has 1 aromatic rings. The van der Waals surface area contributed by atoms with Crippen LogP contribution in [0.2, 0.25) is 0 Å². The summed E-state index contributed by atoms with van der Waals surface area (Å²) in [6.07, 6.45) is 5.14. The van der Waals surface area contributed by atoms with E-state index in [0.29, 0.717) is 5.92 Å². The molecule has 0 radical (unpaired) electrons. The van der Waals surface area contributed by atoms with Gasteiger partial charge in [-0.3, -0.25) is 4.99 Å². The lowest BCUT2D eigenvalue weighted by Gasteiger charge is -2.26. The molecule has 0 saturated carbocycles. The van der Waals surface area contributed by atoms with Crippen molar-refractivity contribution in [2.45, 2.75) is 32.1 Å². The van der Waals surface area contributed by atoms with Crippen molar-refractivity contribution in [3.63, 3.8) is 0 Å². The first-order valence-electron chi connectivity index (χ1n) is 8.58. The van der Waals surface area contributed by atoms with E-state index in [1.54, 1.807) is 0 Å². The fraction of sp³-hybridized carbons (Fsp3) is 0.526. The molecule has 1 atom stereocenters. The van der Waals surface area contributed by atoms with Crippen LogP contribution in [-0.4, -0.2) is 44.1 Å². The smallest absolute Gasteiger partial charge is 0.193 e. The van der Waals surface area contributed by atoms with Crippen LogP contribution in [0.15, 0.2) is 41.9 Å². The summed E-state index contributed by atoms with van der Waals surface area (Å²) in [5, 5.41) is 3.39. The Morgan fingerprint density at radius 1 is 1.46 bits per heavy atom. The van der Waals surface area contributed by atoms with Crippen molar-refractivity contribution in [1.82, 2.24) is 10.2 Å². The van der Waals surface area contributed by atoms with E-state index >= 15 is 0 Å². The molecule has 5 heteroatoms. The van der Waals surface area contributed by atoms with Gasteiger partial charge in [-0.25, -0.2) is 0 Å². The molecule has 1 aliphatic rings. The number of unbranched alkanes of at least 4 members (excludes halogenated alkanes) is 1. The Bertz CT molecular complexity index is 533. The number of ether oxygens (including phenoxy) is 1. The molecule has 134 valence electrons. The molecular weight excluding hydrogens is 413 g/mol. The van der Waals surface area contributed by atoms with E-state index in [0.717, 1.165) is 57.2 Å². The van der Waals surface area contributed by atoms with Gasteiger partial charge in [-0.05, 0) is 37.8 Å². The second-order valence-electron chi connectivity index (χ2n) is 5.92. The number of hydrogen-bond donors (Lipinski definition) is 1. The third-order valence-electron chi connectivity index (χ3n) is 4.14. The lowest BCUT2D eigenvalue weighted by Crippen LogP contribution is -2.39. The molecule has 0 amide bonds. The summed E-state index contributed by atoms with van der Waals surface area (Å²) in [7, 11) is 2.10. The Morgan fingerprint density at radius 2 is 2.25 bits per heavy atom. The number of hydrogen-bond acceptors (Lipinski definition) is 2. The maximum Gasteiger partial charge on any atom is 0.193 e. The van der Waals surface area contributed by atoms with Crippen LogP contribution < -0.4 is 10.1 Å². The Morgan fingerprint density at radius 3 is 3.00 bits per heavy atom. The van der Waals surface area contributed by atoms with Gasteiger partial charge in [0.15, 0.2) is 5.96 Å². The van der Waals surface area contributed by atoms with Crippen molar-refractivity contribution in [3.05, 3.63) is 42.5 Å². The van der Waals surface area contributed by atoms with Crippen molar-refractivity contribution >= 4 is 29.9 Å². The van der Waals surface area contributed by atoms with Crippen LogP contribution in [0.5, 0.6) is 5.75 Å². The molecule has 0 fully saturated rings. The molecule has 24 heavy (non-hydrogen) atoms. The lowest BCUT2D eigenvalue weighted by molar-refractivity contribution is 0.268. The molecule has 1 N–H and O–H groups in total. The van der Waals surface area contributed by atoms with Crippen molar-refractivity contribution < 1.29 is 4.74 Å². The summed E-state index contributed by atoms with van der Waals surface area (Å²) in [6, 6.07) is 8.33. The van der Waals surface area contributed by atoms with Gasteiger partial charge in [0, 0.05) is 32.6 Å². The van der Waals surface area contributed by atoms with E-state index in [2.05, 4.69) is 49.0 Å². The third-order valence-corrected chi connectivity index (χ3v) is 4.14. The van der Waals surface area contributed by atoms with Crippen LogP contribution in [-0.2, 0) is 0 Å². The molecule has 0 saturated heterocycles. The van der Waals surface area contributed by atoms with Gasteiger partial charge >= 0.3 is 0 Å². The maximum absolute atomic E-state index is 5.74. The first-order chi connectivity index (χ1) is 11.3. The normalized spacial score (nSPS) is 16.4. The van der Waals surface area contributed by atoms with Gasteiger partial charge in [-0.15, -0.1) is 30.6 Å². The highest BCUT2D eigenvalue weighted by molar-refractivity contribution is 14.0. The molecule has 0 bridgehead atoms. The summed E-state index contributed by atoms with van der Waals surface area (Å²) in [6.45, 7) is 9.34. The zero-order valence-corrected chi connectivity index (χ0v) is 17.2. The minimum atomic E-state index is 0. The van der Waals surface area contributed by atoms with E-state index < -0.39 is 0 Å². The molecule has 1 unspecified atom stereocenters. The minimum Gasteiger partial charge on any atom is -0.493 e. The van der Waals surface area contributed by atoms with Gasteiger partial charge in [0.25, 0.3) is 0 Å². The Kier molecular flexibility index (Phi) is 9.83. The SMILES string of the molecule is C=CCCCN(C)C(=NCC1CCOc2ccccc21)NCC.I. The molecule has 0 aromatic heterocycles. The number of fused-ring (bicyclic) bond motifs is 1. The Labute approximate surface area is 163 Å². The molecule has 1 aromatic carbocycles. The summed E-state index contributed by atoms with van der Waals surface area (Å²) < 4.78 is 5.74. The zero-order valence-electron chi connectivity index (χ0n) is 14.8. The van der Waals surface area contributed by atoms with Gasteiger partial charge in [0.05, 0.1) is 6.61 Å². The fourth-order valence-electron chi connectivity index (χ4n) is 2.85. The first kappa shape index (κ1) is 20.8. The van der Waals surface area contributed by atoms with Crippen LogP contribution in [0.4, 0.5) is 0 Å². The minimum absolute atomic E-state index is 0. The van der Waals surface area contributed by atoms with Crippen molar-refractivity contribution in [2.24, 2.45) is 4.99 Å². The van der Waals surface area contributed by atoms with E-state index in [-0.39, 0.29) is 24.0 Å². The highest BCUT2D eigenvalue weighted by atomic mass is 127. The van der Waals surface area contributed by atoms with Gasteiger partial charge in [0.1, 0.15) is 5.75 Å². The standard InChI is InChI=1S/C19H29N3O.HI/c1-4-6-9-13-22(3)19(20-5-2)21-15-16-12-14-23-18-11-8-7-10-17(16)18;/h4,7-8,10-11,16H,1,5-6,9,12-15H2,2-3H3,(H,20,21);1H. The molecular formula is C19H30IN3O. The number of aliphatic imine (C=N–C) groups is 1. The number of nitrogens with zero attached hydrogens (tertiary/aromatic N) is 2. The number of nitrogens with one attached hydrogen (secondary N) is 1. The van der Waals surface area contributed by atoms with Gasteiger partial charge in [-0.2, -0.15) is 0 Å². The molecule has 1 heterocycles. The van der Waals surface area contributed by atoms with E-state index in [4.69, 9.17) is 9.73 Å². The summed E-state index contributed by atoms with van der Waals surface area (Å²) in [4.78, 5) is 7.07. The highest BCUT2D eigenvalue weighted by Crippen LogP contribution is 2.33. The fourth-order valence-corrected chi connectivity index (χ4v) is 2.85. The number of guanidine groups is 1. The average Bonchev–Trinajstić information content (AvgIpc) is 2.58. The largest absolute Gasteiger partial charge is 0.493 e. The predicted molar refractivity (Wildman–Crippen MR) is 113 cm³/mol. The summed E-state index contributed by atoms with van der Waals surface area (Å²) in [5.41, 5.74) is 1.28. The number of halogens is 1. The quantitative estimate of drug-likeness (QED) is 0.227.